The maximum Gasteiger partial charge on any atom is 0.332 e. The summed E-state index contributed by atoms with van der Waals surface area (Å²) in [4.78, 5) is 30.0. The maximum atomic E-state index is 12.9. The third kappa shape index (κ3) is 4.01. The zero-order valence-electron chi connectivity index (χ0n) is 17.1. The van der Waals surface area contributed by atoms with E-state index in [0.717, 1.165) is 6.42 Å². The molecular formula is C20H24N4O5S. The predicted molar refractivity (Wildman–Crippen MR) is 115 cm³/mol. The molecule has 0 saturated heterocycles. The fourth-order valence-electron chi connectivity index (χ4n) is 3.30. The van der Waals surface area contributed by atoms with Gasteiger partial charge in [-0.25, -0.2) is 9.78 Å². The van der Waals surface area contributed by atoms with Gasteiger partial charge in [-0.15, -0.1) is 0 Å². The Morgan fingerprint density at radius 1 is 1.00 bits per heavy atom. The number of benzene rings is 1. The standard InChI is InChI=1S/C20H24N4O5S/c1-4-12-23-18-17(19(25)24(13-5-2)20(23)26)22(3)16(21-18)11-8-14-6-9-15(10-7-14)30(27,28)29/h6-11H,4-5,12-13H2,1-3H3,(H,27,28,29)/b11-8+. The van der Waals surface area contributed by atoms with Gasteiger partial charge in [-0.2, -0.15) is 8.42 Å². The molecule has 3 aromatic rings. The number of rotatable bonds is 7. The summed E-state index contributed by atoms with van der Waals surface area (Å²) in [5.41, 5.74) is 0.673. The molecule has 9 nitrogen and oxygen atoms in total. The van der Waals surface area contributed by atoms with Crippen molar-refractivity contribution in [1.29, 1.82) is 0 Å². The highest BCUT2D eigenvalue weighted by Crippen LogP contribution is 2.15. The lowest BCUT2D eigenvalue weighted by molar-refractivity contribution is 0.483. The van der Waals surface area contributed by atoms with Gasteiger partial charge in [0.1, 0.15) is 5.82 Å². The first-order valence-electron chi connectivity index (χ1n) is 9.64. The molecular weight excluding hydrogens is 408 g/mol. The van der Waals surface area contributed by atoms with Gasteiger partial charge in [0.2, 0.25) is 0 Å². The normalized spacial score (nSPS) is 12.3. The van der Waals surface area contributed by atoms with E-state index in [1.807, 2.05) is 13.8 Å². The predicted octanol–water partition coefficient (Wildman–Crippen LogP) is 2.13. The lowest BCUT2D eigenvalue weighted by Gasteiger charge is -2.10. The smallest absolute Gasteiger partial charge is 0.322 e. The minimum atomic E-state index is -4.25. The van der Waals surface area contributed by atoms with Crippen molar-refractivity contribution in [3.63, 3.8) is 0 Å². The number of aryl methyl sites for hydroxylation is 2. The summed E-state index contributed by atoms with van der Waals surface area (Å²) in [6.07, 6.45) is 4.78. The van der Waals surface area contributed by atoms with Crippen molar-refractivity contribution in [3.05, 3.63) is 56.5 Å². The molecule has 1 aromatic carbocycles. The number of imidazole rings is 1. The van der Waals surface area contributed by atoms with Crippen LogP contribution in [-0.4, -0.2) is 31.7 Å². The van der Waals surface area contributed by atoms with Gasteiger partial charge in [0.25, 0.3) is 15.7 Å². The molecule has 0 spiro atoms. The lowest BCUT2D eigenvalue weighted by atomic mass is 10.2. The summed E-state index contributed by atoms with van der Waals surface area (Å²) in [6, 6.07) is 5.69. The molecule has 0 radical (unpaired) electrons. The number of nitrogens with zero attached hydrogens (tertiary/aromatic N) is 4. The average molecular weight is 433 g/mol. The lowest BCUT2D eigenvalue weighted by Crippen LogP contribution is -2.40. The Hall–Kier alpha value is -2.98. The third-order valence-corrected chi connectivity index (χ3v) is 5.64. The van der Waals surface area contributed by atoms with Crippen LogP contribution in [0.2, 0.25) is 0 Å². The zero-order valence-corrected chi connectivity index (χ0v) is 17.9. The van der Waals surface area contributed by atoms with Crippen molar-refractivity contribution in [2.75, 3.05) is 0 Å². The summed E-state index contributed by atoms with van der Waals surface area (Å²) in [7, 11) is -2.53. The molecule has 0 amide bonds. The van der Waals surface area contributed by atoms with E-state index in [4.69, 9.17) is 4.55 Å². The van der Waals surface area contributed by atoms with Crippen molar-refractivity contribution in [2.24, 2.45) is 7.05 Å². The second kappa shape index (κ2) is 8.41. The van der Waals surface area contributed by atoms with Gasteiger partial charge in [-0.3, -0.25) is 18.5 Å². The van der Waals surface area contributed by atoms with Gasteiger partial charge < -0.3 is 4.57 Å². The van der Waals surface area contributed by atoms with E-state index in [2.05, 4.69) is 4.98 Å². The van der Waals surface area contributed by atoms with Gasteiger partial charge in [0.05, 0.1) is 4.90 Å². The molecule has 160 valence electrons. The Balaban J connectivity index is 2.11. The molecule has 0 atom stereocenters. The molecule has 2 heterocycles. The highest BCUT2D eigenvalue weighted by Gasteiger charge is 2.18. The number of aromatic nitrogens is 4. The van der Waals surface area contributed by atoms with Gasteiger partial charge >= 0.3 is 5.69 Å². The largest absolute Gasteiger partial charge is 0.332 e. The molecule has 0 unspecified atom stereocenters. The Morgan fingerprint density at radius 2 is 1.60 bits per heavy atom. The monoisotopic (exact) mass is 432 g/mol. The molecule has 0 saturated carbocycles. The summed E-state index contributed by atoms with van der Waals surface area (Å²) in [6.45, 7) is 4.66. The summed E-state index contributed by atoms with van der Waals surface area (Å²) < 4.78 is 35.8. The third-order valence-electron chi connectivity index (χ3n) is 4.77. The van der Waals surface area contributed by atoms with Crippen LogP contribution < -0.4 is 11.2 Å². The molecule has 1 N–H and O–H groups in total. The van der Waals surface area contributed by atoms with Crippen LogP contribution in [0.15, 0.2) is 38.8 Å². The molecule has 30 heavy (non-hydrogen) atoms. The van der Waals surface area contributed by atoms with E-state index >= 15 is 0 Å². The van der Waals surface area contributed by atoms with Gasteiger partial charge in [0, 0.05) is 20.1 Å². The minimum Gasteiger partial charge on any atom is -0.322 e. The van der Waals surface area contributed by atoms with Crippen LogP contribution in [0.4, 0.5) is 0 Å². The molecule has 2 aromatic heterocycles. The SMILES string of the molecule is CCCn1c(=O)c2c(nc(/C=C/c3ccc(S(=O)(=O)O)cc3)n2C)n(CCC)c1=O. The van der Waals surface area contributed by atoms with Gasteiger partial charge in [-0.05, 0) is 36.6 Å². The Morgan fingerprint density at radius 3 is 2.17 bits per heavy atom. The Bertz CT molecular complexity index is 1330. The van der Waals surface area contributed by atoms with E-state index in [1.54, 1.807) is 35.9 Å². The first-order valence-corrected chi connectivity index (χ1v) is 11.1. The van der Waals surface area contributed by atoms with Crippen LogP contribution in [0.25, 0.3) is 23.3 Å². The van der Waals surface area contributed by atoms with Crippen molar-refractivity contribution >= 4 is 33.4 Å². The van der Waals surface area contributed by atoms with E-state index in [-0.39, 0.29) is 16.1 Å². The molecule has 0 aliphatic heterocycles. The molecule has 3 rings (SSSR count). The number of hydrogen-bond donors (Lipinski definition) is 1. The summed E-state index contributed by atoms with van der Waals surface area (Å²) in [5.74, 6) is 0.486. The topological polar surface area (TPSA) is 116 Å². The van der Waals surface area contributed by atoms with Crippen molar-refractivity contribution in [3.8, 4) is 0 Å². The second-order valence-corrected chi connectivity index (χ2v) is 8.39. The molecule has 0 fully saturated rings. The van der Waals surface area contributed by atoms with Gasteiger partial charge in [0.15, 0.2) is 11.2 Å². The molecule has 0 bridgehead atoms. The van der Waals surface area contributed by atoms with Crippen LogP contribution >= 0.6 is 0 Å². The van der Waals surface area contributed by atoms with Crippen LogP contribution in [0.1, 0.15) is 38.1 Å². The van der Waals surface area contributed by atoms with E-state index in [0.29, 0.717) is 42.1 Å². The first kappa shape index (κ1) is 21.7. The summed E-state index contributed by atoms with van der Waals surface area (Å²) in [5, 5.41) is 0. The highest BCUT2D eigenvalue weighted by molar-refractivity contribution is 7.85. The second-order valence-electron chi connectivity index (χ2n) is 6.97. The number of fused-ring (bicyclic) bond motifs is 1. The fourth-order valence-corrected chi connectivity index (χ4v) is 3.78. The quantitative estimate of drug-likeness (QED) is 0.572. The van der Waals surface area contributed by atoms with Crippen LogP contribution in [0, 0.1) is 0 Å². The van der Waals surface area contributed by atoms with E-state index < -0.39 is 10.1 Å². The van der Waals surface area contributed by atoms with Crippen molar-refractivity contribution in [2.45, 2.75) is 44.7 Å². The Labute approximate surface area is 173 Å². The van der Waals surface area contributed by atoms with Crippen LogP contribution in [0.3, 0.4) is 0 Å². The maximum absolute atomic E-state index is 12.9. The van der Waals surface area contributed by atoms with E-state index in [9.17, 15) is 18.0 Å². The summed E-state index contributed by atoms with van der Waals surface area (Å²) >= 11 is 0. The Kier molecular flexibility index (Phi) is 6.09. The molecule has 0 aliphatic carbocycles. The minimum absolute atomic E-state index is 0.192. The molecule has 0 aliphatic rings. The van der Waals surface area contributed by atoms with Crippen LogP contribution in [0.5, 0.6) is 0 Å². The van der Waals surface area contributed by atoms with Crippen molar-refractivity contribution in [1.82, 2.24) is 18.7 Å². The van der Waals surface area contributed by atoms with Crippen molar-refractivity contribution < 1.29 is 13.0 Å². The molecule has 10 heteroatoms. The van der Waals surface area contributed by atoms with Crippen LogP contribution in [-0.2, 0) is 30.3 Å². The average Bonchev–Trinajstić information content (AvgIpc) is 3.03. The van der Waals surface area contributed by atoms with E-state index in [1.165, 1.54) is 21.3 Å². The number of hydrogen-bond acceptors (Lipinski definition) is 5. The highest BCUT2D eigenvalue weighted by atomic mass is 32.2. The zero-order chi connectivity index (χ0) is 22.1. The van der Waals surface area contributed by atoms with Gasteiger partial charge in [-0.1, -0.05) is 32.1 Å². The fraction of sp³-hybridized carbons (Fsp3) is 0.350. The first-order chi connectivity index (χ1) is 14.2.